The quantitative estimate of drug-likeness (QED) is 0.187. The highest BCUT2D eigenvalue weighted by molar-refractivity contribution is 6.19. The van der Waals surface area contributed by atoms with E-state index in [-0.39, 0.29) is 5.41 Å². The third-order valence-electron chi connectivity index (χ3n) is 11.3. The van der Waals surface area contributed by atoms with Crippen LogP contribution in [-0.4, -0.2) is 0 Å². The molecule has 0 spiro atoms. The summed E-state index contributed by atoms with van der Waals surface area (Å²) >= 11 is 0. The summed E-state index contributed by atoms with van der Waals surface area (Å²) in [4.78, 5) is 2.35. The summed E-state index contributed by atoms with van der Waals surface area (Å²) in [5, 5.41) is 6.98. The third-order valence-corrected chi connectivity index (χ3v) is 11.3. The lowest BCUT2D eigenvalue weighted by molar-refractivity contribution is 0.660. The smallest absolute Gasteiger partial charge is 0.137 e. The fraction of sp³-hybridized carbons (Fsp3) is 0.0612. The first kappa shape index (κ1) is 29.2. The molecule has 2 aromatic heterocycles. The molecule has 0 aliphatic heterocycles. The maximum Gasteiger partial charge on any atom is 0.137 e. The zero-order chi connectivity index (χ0) is 34.6. The third kappa shape index (κ3) is 4.20. The Morgan fingerprint density at radius 1 is 0.404 bits per heavy atom. The van der Waals surface area contributed by atoms with Gasteiger partial charge in [-0.05, 0) is 105 Å². The largest absolute Gasteiger partial charge is 0.456 e. The molecule has 0 unspecified atom stereocenters. The topological polar surface area (TPSA) is 29.5 Å². The maximum atomic E-state index is 6.39. The Morgan fingerprint density at radius 2 is 1.02 bits per heavy atom. The molecule has 8 aromatic carbocycles. The Balaban J connectivity index is 1.04. The van der Waals surface area contributed by atoms with Gasteiger partial charge in [-0.2, -0.15) is 0 Å². The second-order valence-electron chi connectivity index (χ2n) is 14.5. The average molecular weight is 668 g/mol. The Labute approximate surface area is 301 Å². The molecule has 52 heavy (non-hydrogen) atoms. The molecule has 0 bridgehead atoms. The van der Waals surface area contributed by atoms with Crippen molar-refractivity contribution in [2.45, 2.75) is 19.3 Å². The van der Waals surface area contributed by atoms with Gasteiger partial charge in [0.1, 0.15) is 22.3 Å². The SMILES string of the molecule is CC1(C)c2ccccc2-c2cc(N(c3ccc(-c4ccc5c(ccc6oc7ccccc7c65)c4)cc3)c3ccc4c(c3)oc3ccccc34)ccc21. The van der Waals surface area contributed by atoms with E-state index in [0.29, 0.717) is 0 Å². The predicted molar refractivity (Wildman–Crippen MR) is 216 cm³/mol. The minimum absolute atomic E-state index is 0.0551. The molecule has 3 nitrogen and oxygen atoms in total. The van der Waals surface area contributed by atoms with Gasteiger partial charge in [0.25, 0.3) is 0 Å². The Bertz CT molecular complexity index is 3050. The normalized spacial score (nSPS) is 13.3. The van der Waals surface area contributed by atoms with Crippen LogP contribution in [0.15, 0.2) is 173 Å². The minimum Gasteiger partial charge on any atom is -0.456 e. The van der Waals surface area contributed by atoms with E-state index in [2.05, 4.69) is 158 Å². The van der Waals surface area contributed by atoms with Crippen LogP contribution in [0.5, 0.6) is 0 Å². The molecular weight excluding hydrogens is 635 g/mol. The zero-order valence-electron chi connectivity index (χ0n) is 28.9. The van der Waals surface area contributed by atoms with Crippen LogP contribution in [0.4, 0.5) is 17.1 Å². The van der Waals surface area contributed by atoms with Crippen molar-refractivity contribution < 1.29 is 8.83 Å². The van der Waals surface area contributed by atoms with Gasteiger partial charge in [-0.3, -0.25) is 0 Å². The molecule has 0 saturated carbocycles. The second kappa shape index (κ2) is 10.7. The first-order valence-corrected chi connectivity index (χ1v) is 17.9. The van der Waals surface area contributed by atoms with Gasteiger partial charge in [-0.15, -0.1) is 0 Å². The van der Waals surface area contributed by atoms with E-state index in [9.17, 15) is 0 Å². The fourth-order valence-corrected chi connectivity index (χ4v) is 8.68. The lowest BCUT2D eigenvalue weighted by Gasteiger charge is -2.27. The first-order chi connectivity index (χ1) is 25.5. The second-order valence-corrected chi connectivity index (χ2v) is 14.5. The van der Waals surface area contributed by atoms with Crippen LogP contribution in [0.2, 0.25) is 0 Å². The summed E-state index contributed by atoms with van der Waals surface area (Å²) < 4.78 is 12.6. The molecule has 1 aliphatic carbocycles. The predicted octanol–water partition coefficient (Wildman–Crippen LogP) is 14.1. The number of para-hydroxylation sites is 2. The highest BCUT2D eigenvalue weighted by Crippen LogP contribution is 2.51. The molecule has 246 valence electrons. The van der Waals surface area contributed by atoms with Crippen molar-refractivity contribution in [1.29, 1.82) is 0 Å². The highest BCUT2D eigenvalue weighted by atomic mass is 16.3. The molecule has 0 N–H and O–H groups in total. The van der Waals surface area contributed by atoms with Crippen LogP contribution in [0, 0.1) is 0 Å². The summed E-state index contributed by atoms with van der Waals surface area (Å²) in [5.41, 5.74) is 14.5. The van der Waals surface area contributed by atoms with Crippen LogP contribution >= 0.6 is 0 Å². The van der Waals surface area contributed by atoms with E-state index >= 15 is 0 Å². The summed E-state index contributed by atoms with van der Waals surface area (Å²) in [6.45, 7) is 4.66. The van der Waals surface area contributed by atoms with Crippen LogP contribution in [-0.2, 0) is 5.41 Å². The van der Waals surface area contributed by atoms with Gasteiger partial charge in [0.05, 0.1) is 0 Å². The number of furan rings is 2. The molecule has 0 radical (unpaired) electrons. The van der Waals surface area contributed by atoms with Crippen molar-refractivity contribution in [2.75, 3.05) is 4.90 Å². The summed E-state index contributed by atoms with van der Waals surface area (Å²) in [6.07, 6.45) is 0. The summed E-state index contributed by atoms with van der Waals surface area (Å²) in [5.74, 6) is 0. The number of fused-ring (bicyclic) bond motifs is 11. The molecule has 0 fully saturated rings. The molecule has 11 rings (SSSR count). The molecule has 10 aromatic rings. The van der Waals surface area contributed by atoms with Crippen molar-refractivity contribution in [3.8, 4) is 22.3 Å². The van der Waals surface area contributed by atoms with Crippen LogP contribution in [0.25, 0.3) is 76.9 Å². The molecule has 0 atom stereocenters. The van der Waals surface area contributed by atoms with Gasteiger partial charge >= 0.3 is 0 Å². The number of anilines is 3. The Hall–Kier alpha value is -6.58. The van der Waals surface area contributed by atoms with Gasteiger partial charge in [-0.1, -0.05) is 111 Å². The molecule has 0 saturated heterocycles. The van der Waals surface area contributed by atoms with E-state index in [0.717, 1.165) is 55.6 Å². The van der Waals surface area contributed by atoms with Gasteiger partial charge in [0.2, 0.25) is 0 Å². The van der Waals surface area contributed by atoms with Crippen LogP contribution < -0.4 is 4.90 Å². The lowest BCUT2D eigenvalue weighted by atomic mass is 9.82. The molecule has 1 aliphatic rings. The van der Waals surface area contributed by atoms with Crippen LogP contribution in [0.3, 0.4) is 0 Å². The van der Waals surface area contributed by atoms with E-state index in [1.807, 2.05) is 24.3 Å². The first-order valence-electron chi connectivity index (χ1n) is 17.9. The Morgan fingerprint density at radius 3 is 1.88 bits per heavy atom. The maximum absolute atomic E-state index is 6.39. The highest BCUT2D eigenvalue weighted by Gasteiger charge is 2.35. The number of hydrogen-bond acceptors (Lipinski definition) is 3. The van der Waals surface area contributed by atoms with Crippen molar-refractivity contribution in [3.05, 3.63) is 175 Å². The Kier molecular flexibility index (Phi) is 6.01. The lowest BCUT2D eigenvalue weighted by Crippen LogP contribution is -2.15. The molecular formula is C49H33NO2. The number of hydrogen-bond donors (Lipinski definition) is 0. The van der Waals surface area contributed by atoms with Crippen LogP contribution in [0.1, 0.15) is 25.0 Å². The fourth-order valence-electron chi connectivity index (χ4n) is 8.68. The number of benzene rings is 8. The van der Waals surface area contributed by atoms with Crippen molar-refractivity contribution in [1.82, 2.24) is 0 Å². The van der Waals surface area contributed by atoms with E-state index in [1.165, 1.54) is 49.5 Å². The van der Waals surface area contributed by atoms with E-state index in [1.54, 1.807) is 0 Å². The van der Waals surface area contributed by atoms with Gasteiger partial charge < -0.3 is 13.7 Å². The minimum atomic E-state index is -0.0551. The molecule has 3 heteroatoms. The standard InChI is InChI=1S/C49H33NO2/c1-49(2)42-12-6-3-9-37(42)41-28-34(22-25-43(41)49)50(35-21-24-39-38-10-4-7-13-44(38)52-47(39)29-35)33-19-15-30(16-20-33)31-17-23-36-32(27-31)18-26-46-48(36)40-11-5-8-14-45(40)51-46/h3-29H,1-2H3. The average Bonchev–Trinajstić information content (AvgIpc) is 3.83. The number of rotatable bonds is 4. The van der Waals surface area contributed by atoms with E-state index < -0.39 is 0 Å². The van der Waals surface area contributed by atoms with Crippen molar-refractivity contribution >= 4 is 71.7 Å². The van der Waals surface area contributed by atoms with Gasteiger partial charge in [-0.25, -0.2) is 0 Å². The zero-order valence-corrected chi connectivity index (χ0v) is 28.9. The summed E-state index contributed by atoms with van der Waals surface area (Å²) in [6, 6.07) is 58.9. The van der Waals surface area contributed by atoms with Gasteiger partial charge in [0, 0.05) is 50.1 Å². The van der Waals surface area contributed by atoms with Gasteiger partial charge in [0.15, 0.2) is 0 Å². The van der Waals surface area contributed by atoms with Crippen molar-refractivity contribution in [3.63, 3.8) is 0 Å². The van der Waals surface area contributed by atoms with Crippen molar-refractivity contribution in [2.24, 2.45) is 0 Å². The summed E-state index contributed by atoms with van der Waals surface area (Å²) in [7, 11) is 0. The monoisotopic (exact) mass is 667 g/mol. The number of nitrogens with zero attached hydrogens (tertiary/aromatic N) is 1. The van der Waals surface area contributed by atoms with E-state index in [4.69, 9.17) is 8.83 Å². The molecule has 2 heterocycles. The molecule has 0 amide bonds.